The normalized spacial score (nSPS) is 11.8. The summed E-state index contributed by atoms with van der Waals surface area (Å²) in [5.74, 6) is 0.622. The molecule has 1 N–H and O–H groups in total. The Hall–Kier alpha value is -3.69. The van der Waals surface area contributed by atoms with Gasteiger partial charge in [-0.15, -0.1) is 0 Å². The number of nitrogens with zero attached hydrogens (tertiary/aromatic N) is 2. The zero-order valence-corrected chi connectivity index (χ0v) is 22.2. The summed E-state index contributed by atoms with van der Waals surface area (Å²) in [5.41, 5.74) is 5.04. The third-order valence-corrected chi connectivity index (χ3v) is 7.81. The highest BCUT2D eigenvalue weighted by Gasteiger charge is 2.13. The van der Waals surface area contributed by atoms with Crippen molar-refractivity contribution in [2.75, 3.05) is 19.0 Å². The SMILES string of the molecule is COc1cc(/C=c2\sc3nc4ccccc4n3c2=O)ccc1OCC(=O)Nc1ccc(Br)c(C)c1C. The lowest BCUT2D eigenvalue weighted by Crippen LogP contribution is -2.22. The molecule has 0 aliphatic heterocycles. The number of fused-ring (bicyclic) bond motifs is 3. The number of anilines is 1. The van der Waals surface area contributed by atoms with Gasteiger partial charge in [-0.3, -0.25) is 9.59 Å². The van der Waals surface area contributed by atoms with E-state index in [1.54, 1.807) is 22.6 Å². The number of benzene rings is 3. The molecule has 5 aromatic rings. The standard InChI is InChI=1S/C27H22BrN3O4S/c1-15-16(2)19(10-9-18(15)28)29-25(32)14-35-22-11-8-17(12-23(22)34-3)13-24-26(33)31-21-7-5-4-6-20(21)30-27(31)36-24/h4-13H,14H2,1-3H3,(H,29,32)/b24-13-. The number of thiazole rings is 1. The van der Waals surface area contributed by atoms with Gasteiger partial charge in [0, 0.05) is 10.2 Å². The Morgan fingerprint density at radius 1 is 1.11 bits per heavy atom. The fraction of sp³-hybridized carbons (Fsp3) is 0.148. The number of ether oxygens (including phenoxy) is 2. The molecule has 0 saturated heterocycles. The molecule has 0 bridgehead atoms. The molecule has 0 aliphatic rings. The molecule has 2 heterocycles. The maximum absolute atomic E-state index is 13.0. The Morgan fingerprint density at radius 3 is 2.72 bits per heavy atom. The number of hydrogen-bond acceptors (Lipinski definition) is 6. The molecule has 0 unspecified atom stereocenters. The maximum atomic E-state index is 13.0. The van der Waals surface area contributed by atoms with E-state index >= 15 is 0 Å². The lowest BCUT2D eigenvalue weighted by atomic mass is 10.1. The minimum absolute atomic E-state index is 0.113. The van der Waals surface area contributed by atoms with Crippen molar-refractivity contribution in [2.45, 2.75) is 13.8 Å². The van der Waals surface area contributed by atoms with Gasteiger partial charge in [0.15, 0.2) is 23.1 Å². The lowest BCUT2D eigenvalue weighted by Gasteiger charge is -2.14. The van der Waals surface area contributed by atoms with E-state index in [2.05, 4.69) is 26.2 Å². The van der Waals surface area contributed by atoms with Crippen LogP contribution in [0.15, 0.2) is 63.9 Å². The lowest BCUT2D eigenvalue weighted by molar-refractivity contribution is -0.118. The van der Waals surface area contributed by atoms with Crippen molar-refractivity contribution in [2.24, 2.45) is 0 Å². The van der Waals surface area contributed by atoms with Crippen molar-refractivity contribution in [3.63, 3.8) is 0 Å². The van der Waals surface area contributed by atoms with Crippen LogP contribution in [0.3, 0.4) is 0 Å². The van der Waals surface area contributed by atoms with Gasteiger partial charge < -0.3 is 14.8 Å². The van der Waals surface area contributed by atoms with Crippen LogP contribution in [-0.4, -0.2) is 29.0 Å². The highest BCUT2D eigenvalue weighted by Crippen LogP contribution is 2.29. The molecule has 7 nitrogen and oxygen atoms in total. The number of carbonyl (C=O) groups excluding carboxylic acids is 1. The molecule has 182 valence electrons. The van der Waals surface area contributed by atoms with Gasteiger partial charge in [-0.25, -0.2) is 9.38 Å². The maximum Gasteiger partial charge on any atom is 0.274 e. The molecule has 0 fully saturated rings. The van der Waals surface area contributed by atoms with E-state index < -0.39 is 0 Å². The predicted octanol–water partition coefficient (Wildman–Crippen LogP) is 4.86. The zero-order chi connectivity index (χ0) is 25.4. The number of aromatic nitrogens is 2. The first-order valence-corrected chi connectivity index (χ1v) is 12.7. The molecule has 1 amide bonds. The first-order valence-electron chi connectivity index (χ1n) is 11.1. The molecule has 36 heavy (non-hydrogen) atoms. The number of methoxy groups -OCH3 is 1. The van der Waals surface area contributed by atoms with Gasteiger partial charge >= 0.3 is 0 Å². The number of amides is 1. The number of para-hydroxylation sites is 2. The number of halogens is 1. The number of rotatable bonds is 6. The van der Waals surface area contributed by atoms with Gasteiger partial charge in [0.05, 0.1) is 22.7 Å². The molecule has 0 saturated carbocycles. The van der Waals surface area contributed by atoms with Crippen LogP contribution in [0.1, 0.15) is 16.7 Å². The summed E-state index contributed by atoms with van der Waals surface area (Å²) in [6.07, 6.45) is 1.80. The second-order valence-corrected chi connectivity index (χ2v) is 10.1. The van der Waals surface area contributed by atoms with E-state index in [0.29, 0.717) is 21.0 Å². The van der Waals surface area contributed by atoms with Crippen molar-refractivity contribution in [1.29, 1.82) is 0 Å². The Labute approximate surface area is 219 Å². The largest absolute Gasteiger partial charge is 0.493 e. The highest BCUT2D eigenvalue weighted by atomic mass is 79.9. The van der Waals surface area contributed by atoms with Gasteiger partial charge in [0.2, 0.25) is 0 Å². The van der Waals surface area contributed by atoms with Crippen LogP contribution in [0.25, 0.3) is 22.1 Å². The molecule has 9 heteroatoms. The van der Waals surface area contributed by atoms with Gasteiger partial charge in [-0.2, -0.15) is 0 Å². The van der Waals surface area contributed by atoms with E-state index in [4.69, 9.17) is 9.47 Å². The summed E-state index contributed by atoms with van der Waals surface area (Å²) in [5, 5.41) is 2.89. The summed E-state index contributed by atoms with van der Waals surface area (Å²) in [6.45, 7) is 3.77. The van der Waals surface area contributed by atoms with E-state index in [1.165, 1.54) is 18.4 Å². The molecule has 0 aliphatic carbocycles. The fourth-order valence-electron chi connectivity index (χ4n) is 3.91. The van der Waals surface area contributed by atoms with Crippen molar-refractivity contribution in [3.05, 3.63) is 90.6 Å². The van der Waals surface area contributed by atoms with Crippen molar-refractivity contribution < 1.29 is 14.3 Å². The molecule has 5 rings (SSSR count). The van der Waals surface area contributed by atoms with Crippen molar-refractivity contribution >= 4 is 60.9 Å². The van der Waals surface area contributed by atoms with Crippen LogP contribution < -0.4 is 24.9 Å². The fourth-order valence-corrected chi connectivity index (χ4v) is 5.33. The smallest absolute Gasteiger partial charge is 0.274 e. The molecular weight excluding hydrogens is 542 g/mol. The summed E-state index contributed by atoms with van der Waals surface area (Å²) in [7, 11) is 1.53. The van der Waals surface area contributed by atoms with Gasteiger partial charge in [0.1, 0.15) is 0 Å². The van der Waals surface area contributed by atoms with Crippen LogP contribution in [0.2, 0.25) is 0 Å². The average molecular weight is 564 g/mol. The van der Waals surface area contributed by atoms with Crippen molar-refractivity contribution in [1.82, 2.24) is 9.38 Å². The minimum Gasteiger partial charge on any atom is -0.493 e. The van der Waals surface area contributed by atoms with Crippen LogP contribution >= 0.6 is 27.3 Å². The Balaban J connectivity index is 1.35. The number of nitrogens with one attached hydrogen (secondary N) is 1. The summed E-state index contributed by atoms with van der Waals surface area (Å²) in [6, 6.07) is 16.6. The Kier molecular flexibility index (Phi) is 6.51. The Morgan fingerprint density at radius 2 is 1.92 bits per heavy atom. The first kappa shape index (κ1) is 24.0. The highest BCUT2D eigenvalue weighted by molar-refractivity contribution is 9.10. The number of imidazole rings is 1. The van der Waals surface area contributed by atoms with E-state index in [9.17, 15) is 9.59 Å². The quantitative estimate of drug-likeness (QED) is 0.319. The summed E-state index contributed by atoms with van der Waals surface area (Å²) < 4.78 is 14.4. The first-order chi connectivity index (χ1) is 17.4. The monoisotopic (exact) mass is 563 g/mol. The van der Waals surface area contributed by atoms with Crippen molar-refractivity contribution in [3.8, 4) is 11.5 Å². The molecule has 0 radical (unpaired) electrons. The second kappa shape index (κ2) is 9.75. The molecule has 0 atom stereocenters. The van der Waals surface area contributed by atoms with Crippen LogP contribution in [0, 0.1) is 13.8 Å². The number of hydrogen-bond donors (Lipinski definition) is 1. The van der Waals surface area contributed by atoms with Crippen LogP contribution in [-0.2, 0) is 4.79 Å². The molecular formula is C27H22BrN3O4S. The third-order valence-electron chi connectivity index (χ3n) is 5.98. The number of carbonyl (C=O) groups is 1. The van der Waals surface area contributed by atoms with Gasteiger partial charge in [-0.05, 0) is 73.0 Å². The van der Waals surface area contributed by atoms with E-state index in [-0.39, 0.29) is 18.1 Å². The van der Waals surface area contributed by atoms with Crippen LogP contribution in [0.4, 0.5) is 5.69 Å². The zero-order valence-electron chi connectivity index (χ0n) is 19.8. The molecule has 0 spiro atoms. The topological polar surface area (TPSA) is 81.9 Å². The van der Waals surface area contributed by atoms with E-state index in [0.717, 1.165) is 37.9 Å². The molecule has 3 aromatic carbocycles. The predicted molar refractivity (Wildman–Crippen MR) is 146 cm³/mol. The Bertz CT molecular complexity index is 1740. The van der Waals surface area contributed by atoms with Gasteiger partial charge in [0.25, 0.3) is 11.5 Å². The summed E-state index contributed by atoms with van der Waals surface area (Å²) >= 11 is 4.83. The van der Waals surface area contributed by atoms with Crippen LogP contribution in [0.5, 0.6) is 11.5 Å². The summed E-state index contributed by atoms with van der Waals surface area (Å²) in [4.78, 5) is 30.7. The average Bonchev–Trinajstić information content (AvgIpc) is 3.39. The minimum atomic E-state index is -0.275. The van der Waals surface area contributed by atoms with Gasteiger partial charge in [-0.1, -0.05) is 45.5 Å². The van der Waals surface area contributed by atoms with E-state index in [1.807, 2.05) is 56.3 Å². The molecule has 2 aromatic heterocycles. The second-order valence-electron chi connectivity index (χ2n) is 8.23. The third kappa shape index (κ3) is 4.47.